The summed E-state index contributed by atoms with van der Waals surface area (Å²) < 4.78 is 23.6. The van der Waals surface area contributed by atoms with E-state index in [9.17, 15) is 9.18 Å². The number of methoxy groups -OCH3 is 1. The smallest absolute Gasteiger partial charge is 0.277 e. The number of carbonyl (C=O) groups is 1. The number of pyridine rings is 1. The second-order valence-electron chi connectivity index (χ2n) is 4.62. The van der Waals surface area contributed by atoms with Crippen LogP contribution >= 0.6 is 0 Å². The molecule has 0 spiro atoms. The molecule has 1 aromatic carbocycles. The molecule has 0 bridgehead atoms. The lowest BCUT2D eigenvalue weighted by Gasteiger charge is -2.05. The van der Waals surface area contributed by atoms with Crippen LogP contribution in [-0.2, 0) is 0 Å². The molecule has 0 unspecified atom stereocenters. The Morgan fingerprint density at radius 2 is 2.17 bits per heavy atom. The molecule has 3 aromatic rings. The van der Waals surface area contributed by atoms with Crippen LogP contribution in [0.25, 0.3) is 11.3 Å². The summed E-state index contributed by atoms with van der Waals surface area (Å²) in [6, 6.07) is 9.15. The van der Waals surface area contributed by atoms with E-state index in [1.807, 2.05) is 0 Å². The normalized spacial score (nSPS) is 10.3. The van der Waals surface area contributed by atoms with Crippen molar-refractivity contribution < 1.29 is 18.4 Å². The molecule has 0 aliphatic heterocycles. The summed E-state index contributed by atoms with van der Waals surface area (Å²) in [6.07, 6.45) is 3.23. The fourth-order valence-corrected chi connectivity index (χ4v) is 1.97. The Bertz CT molecular complexity index is 834. The monoisotopic (exact) mass is 313 g/mol. The first-order chi connectivity index (χ1) is 11.2. The zero-order valence-electron chi connectivity index (χ0n) is 12.1. The van der Waals surface area contributed by atoms with Crippen molar-refractivity contribution in [1.82, 2.24) is 10.1 Å². The van der Waals surface area contributed by atoms with Gasteiger partial charge in [-0.25, -0.2) is 4.39 Å². The van der Waals surface area contributed by atoms with E-state index in [-0.39, 0.29) is 11.4 Å². The van der Waals surface area contributed by atoms with Crippen LogP contribution < -0.4 is 10.1 Å². The number of aromatic nitrogens is 2. The first kappa shape index (κ1) is 14.7. The summed E-state index contributed by atoms with van der Waals surface area (Å²) in [6.45, 7) is 0. The number of rotatable bonds is 4. The molecule has 0 fully saturated rings. The predicted molar refractivity (Wildman–Crippen MR) is 80.6 cm³/mol. The van der Waals surface area contributed by atoms with Crippen molar-refractivity contribution in [3.8, 4) is 17.1 Å². The van der Waals surface area contributed by atoms with Gasteiger partial charge in [-0.15, -0.1) is 0 Å². The van der Waals surface area contributed by atoms with Crippen molar-refractivity contribution >= 4 is 11.6 Å². The molecule has 0 saturated carbocycles. The molecule has 0 atom stereocenters. The fourth-order valence-electron chi connectivity index (χ4n) is 1.97. The second-order valence-corrected chi connectivity index (χ2v) is 4.62. The van der Waals surface area contributed by atoms with Crippen molar-refractivity contribution in [2.24, 2.45) is 0 Å². The molecule has 6 nitrogen and oxygen atoms in total. The third kappa shape index (κ3) is 3.18. The second kappa shape index (κ2) is 6.27. The summed E-state index contributed by atoms with van der Waals surface area (Å²) in [4.78, 5) is 16.1. The highest BCUT2D eigenvalue weighted by molar-refractivity contribution is 6.03. The molecule has 2 heterocycles. The summed E-state index contributed by atoms with van der Waals surface area (Å²) in [5.74, 6) is -0.553. The number of amides is 1. The summed E-state index contributed by atoms with van der Waals surface area (Å²) >= 11 is 0. The molecular formula is C16H12FN3O3. The lowest BCUT2D eigenvalue weighted by Crippen LogP contribution is -2.12. The Hall–Kier alpha value is -3.22. The van der Waals surface area contributed by atoms with Crippen LogP contribution in [0.3, 0.4) is 0 Å². The highest BCUT2D eigenvalue weighted by atomic mass is 19.1. The van der Waals surface area contributed by atoms with Crippen LogP contribution in [0.1, 0.15) is 10.5 Å². The van der Waals surface area contributed by atoms with Crippen molar-refractivity contribution in [2.75, 3.05) is 12.4 Å². The Morgan fingerprint density at radius 3 is 2.87 bits per heavy atom. The van der Waals surface area contributed by atoms with E-state index in [0.717, 1.165) is 0 Å². The molecule has 0 aliphatic carbocycles. The number of hydrogen-bond acceptors (Lipinski definition) is 5. The number of ether oxygens (including phenoxy) is 1. The van der Waals surface area contributed by atoms with Gasteiger partial charge >= 0.3 is 0 Å². The van der Waals surface area contributed by atoms with Crippen LogP contribution in [0.2, 0.25) is 0 Å². The summed E-state index contributed by atoms with van der Waals surface area (Å²) in [5.41, 5.74) is 1.08. The van der Waals surface area contributed by atoms with Gasteiger partial charge in [-0.05, 0) is 24.3 Å². The van der Waals surface area contributed by atoms with Crippen LogP contribution in [-0.4, -0.2) is 23.2 Å². The summed E-state index contributed by atoms with van der Waals surface area (Å²) in [5, 5.41) is 6.25. The number of anilines is 1. The maximum absolute atomic E-state index is 13.6. The van der Waals surface area contributed by atoms with Crippen molar-refractivity contribution in [3.05, 3.63) is 60.3 Å². The number of halogens is 1. The topological polar surface area (TPSA) is 77.2 Å². The van der Waals surface area contributed by atoms with Gasteiger partial charge in [0, 0.05) is 35.8 Å². The third-order valence-corrected chi connectivity index (χ3v) is 3.10. The minimum Gasteiger partial charge on any atom is -0.494 e. The molecule has 116 valence electrons. The van der Waals surface area contributed by atoms with Crippen LogP contribution in [0.15, 0.2) is 53.3 Å². The molecule has 3 rings (SSSR count). The van der Waals surface area contributed by atoms with E-state index in [0.29, 0.717) is 17.0 Å². The van der Waals surface area contributed by atoms with E-state index in [1.165, 1.54) is 31.4 Å². The molecule has 23 heavy (non-hydrogen) atoms. The van der Waals surface area contributed by atoms with Gasteiger partial charge in [0.1, 0.15) is 0 Å². The zero-order valence-corrected chi connectivity index (χ0v) is 12.1. The quantitative estimate of drug-likeness (QED) is 0.800. The Labute approximate surface area is 130 Å². The number of carbonyl (C=O) groups excluding carboxylic acids is 1. The Balaban J connectivity index is 1.76. The largest absolute Gasteiger partial charge is 0.494 e. The molecule has 0 radical (unpaired) electrons. The van der Waals surface area contributed by atoms with Gasteiger partial charge in [-0.3, -0.25) is 9.78 Å². The molecule has 2 aromatic heterocycles. The van der Waals surface area contributed by atoms with Gasteiger partial charge in [-0.1, -0.05) is 5.16 Å². The minimum absolute atomic E-state index is 0.0834. The average Bonchev–Trinajstić information content (AvgIpc) is 3.06. The van der Waals surface area contributed by atoms with Gasteiger partial charge in [0.05, 0.1) is 7.11 Å². The van der Waals surface area contributed by atoms with E-state index in [2.05, 4.69) is 15.5 Å². The fraction of sp³-hybridized carbons (Fsp3) is 0.0625. The van der Waals surface area contributed by atoms with Gasteiger partial charge < -0.3 is 14.6 Å². The molecule has 1 N–H and O–H groups in total. The first-order valence-corrected chi connectivity index (χ1v) is 6.69. The maximum atomic E-state index is 13.6. The minimum atomic E-state index is -0.568. The third-order valence-electron chi connectivity index (χ3n) is 3.10. The Kier molecular flexibility index (Phi) is 4.01. The van der Waals surface area contributed by atoms with Gasteiger partial charge in [-0.2, -0.15) is 0 Å². The molecule has 1 amide bonds. The van der Waals surface area contributed by atoms with Crippen molar-refractivity contribution in [3.63, 3.8) is 0 Å². The summed E-state index contributed by atoms with van der Waals surface area (Å²) in [7, 11) is 1.37. The van der Waals surface area contributed by atoms with E-state index in [1.54, 1.807) is 24.5 Å². The molecule has 7 heteroatoms. The predicted octanol–water partition coefficient (Wildman–Crippen LogP) is 3.14. The van der Waals surface area contributed by atoms with Crippen LogP contribution in [0.5, 0.6) is 5.75 Å². The lowest BCUT2D eigenvalue weighted by molar-refractivity contribution is 0.101. The number of hydrogen-bond donors (Lipinski definition) is 1. The number of nitrogens with zero attached hydrogens (tertiary/aromatic N) is 2. The van der Waals surface area contributed by atoms with Gasteiger partial charge in [0.2, 0.25) is 0 Å². The van der Waals surface area contributed by atoms with E-state index >= 15 is 0 Å². The highest BCUT2D eigenvalue weighted by Crippen LogP contribution is 2.22. The highest BCUT2D eigenvalue weighted by Gasteiger charge is 2.15. The number of nitrogens with one attached hydrogen (secondary N) is 1. The first-order valence-electron chi connectivity index (χ1n) is 6.69. The van der Waals surface area contributed by atoms with Crippen molar-refractivity contribution in [1.29, 1.82) is 0 Å². The van der Waals surface area contributed by atoms with Crippen LogP contribution in [0, 0.1) is 5.82 Å². The average molecular weight is 313 g/mol. The molecular weight excluding hydrogens is 301 g/mol. The standard InChI is InChI=1S/C16H12FN3O3/c1-22-14-5-4-11(7-12(14)17)19-16(21)13-8-15(23-20-13)10-3-2-6-18-9-10/h2-9H,1H3,(H,19,21). The molecule has 0 saturated heterocycles. The maximum Gasteiger partial charge on any atom is 0.277 e. The number of benzene rings is 1. The van der Waals surface area contributed by atoms with E-state index < -0.39 is 11.7 Å². The SMILES string of the molecule is COc1ccc(NC(=O)c2cc(-c3cccnc3)on2)cc1F. The van der Waals surface area contributed by atoms with Gasteiger partial charge in [0.15, 0.2) is 23.0 Å². The van der Waals surface area contributed by atoms with Crippen molar-refractivity contribution in [2.45, 2.75) is 0 Å². The molecule has 0 aliphatic rings. The van der Waals surface area contributed by atoms with Gasteiger partial charge in [0.25, 0.3) is 5.91 Å². The lowest BCUT2D eigenvalue weighted by atomic mass is 10.2. The zero-order chi connectivity index (χ0) is 16.2. The Morgan fingerprint density at radius 1 is 1.30 bits per heavy atom. The van der Waals surface area contributed by atoms with E-state index in [4.69, 9.17) is 9.26 Å². The van der Waals surface area contributed by atoms with Crippen LogP contribution in [0.4, 0.5) is 10.1 Å².